The van der Waals surface area contributed by atoms with E-state index in [9.17, 15) is 27.6 Å². The lowest BCUT2D eigenvalue weighted by Gasteiger charge is -2.39. The quantitative estimate of drug-likeness (QED) is 0.257. The van der Waals surface area contributed by atoms with Gasteiger partial charge in [0.05, 0.1) is 13.0 Å². The Labute approximate surface area is 204 Å². The van der Waals surface area contributed by atoms with Crippen LogP contribution in [0.15, 0.2) is 78.9 Å². The van der Waals surface area contributed by atoms with Gasteiger partial charge in [0.15, 0.2) is 0 Å². The predicted molar refractivity (Wildman–Crippen MR) is 122 cm³/mol. The fourth-order valence-electron chi connectivity index (χ4n) is 3.83. The number of carbonyl (C=O) groups excluding carboxylic acids is 3. The van der Waals surface area contributed by atoms with Crippen molar-refractivity contribution in [2.24, 2.45) is 0 Å². The first-order chi connectivity index (χ1) is 17.2. The molecule has 1 aliphatic heterocycles. The van der Waals surface area contributed by atoms with E-state index in [1.807, 2.05) is 5.32 Å². The molecule has 3 aromatic rings. The summed E-state index contributed by atoms with van der Waals surface area (Å²) in [6.45, 7) is 0. The number of hydrogen-bond donors (Lipinski definition) is 1. The number of methoxy groups -OCH3 is 1. The molecule has 0 aliphatic carbocycles. The number of Topliss-reactive ketones (excluding diaryl/α,β-unsaturated/α-hetero) is 1. The Morgan fingerprint density at radius 3 is 2.25 bits per heavy atom. The fourth-order valence-corrected chi connectivity index (χ4v) is 3.83. The maximum Gasteiger partial charge on any atom is 0.453 e. The number of esters is 1. The number of ketones is 1. The van der Waals surface area contributed by atoms with Gasteiger partial charge in [0, 0.05) is 16.7 Å². The van der Waals surface area contributed by atoms with Crippen molar-refractivity contribution >= 4 is 17.7 Å². The van der Waals surface area contributed by atoms with Crippen LogP contribution in [0.3, 0.4) is 0 Å². The molecule has 2 atom stereocenters. The van der Waals surface area contributed by atoms with Crippen LogP contribution in [0.25, 0.3) is 0 Å². The Kier molecular flexibility index (Phi) is 6.53. The van der Waals surface area contributed by atoms with E-state index in [0.717, 1.165) is 0 Å². The largest absolute Gasteiger partial charge is 0.497 e. The first-order valence-electron chi connectivity index (χ1n) is 10.6. The summed E-state index contributed by atoms with van der Waals surface area (Å²) in [6, 6.07) is 19.5. The zero-order chi connectivity index (χ0) is 25.9. The Morgan fingerprint density at radius 1 is 0.972 bits per heavy atom. The average molecular weight is 493 g/mol. The van der Waals surface area contributed by atoms with Gasteiger partial charge >= 0.3 is 12.1 Å². The molecule has 182 valence electrons. The molecule has 1 aliphatic rings. The second-order valence-electron chi connectivity index (χ2n) is 7.81. The van der Waals surface area contributed by atoms with Gasteiger partial charge in [-0.05, 0) is 42.5 Å². The van der Waals surface area contributed by atoms with Gasteiger partial charge in [-0.25, -0.2) is 4.79 Å². The molecule has 0 bridgehead atoms. The van der Waals surface area contributed by atoms with Crippen LogP contribution in [0.4, 0.5) is 13.2 Å². The molecule has 0 saturated carbocycles. The highest BCUT2D eigenvalue weighted by Crippen LogP contribution is 2.43. The summed E-state index contributed by atoms with van der Waals surface area (Å²) in [6.07, 6.45) is -5.49. The molecule has 0 spiro atoms. The van der Waals surface area contributed by atoms with Gasteiger partial charge in [-0.2, -0.15) is 13.2 Å². The topological polar surface area (TPSA) is 81.7 Å². The average Bonchev–Trinajstić information content (AvgIpc) is 2.88. The molecular formula is C27H18F3NO5. The Hall–Kier alpha value is -4.58. The van der Waals surface area contributed by atoms with Crippen molar-refractivity contribution in [1.29, 1.82) is 0 Å². The van der Waals surface area contributed by atoms with Crippen LogP contribution >= 0.6 is 0 Å². The van der Waals surface area contributed by atoms with E-state index < -0.39 is 35.3 Å². The number of carbonyl (C=O) groups is 3. The molecule has 1 N–H and O–H groups in total. The SMILES string of the molecule is COc1ccc(C(=O)N[C@]2(C(=O)C(F)(F)F)C(=O)Oc3ccccc3[C@H]2C#Cc2ccccc2)cc1. The van der Waals surface area contributed by atoms with Gasteiger partial charge < -0.3 is 14.8 Å². The molecule has 1 amide bonds. The monoisotopic (exact) mass is 493 g/mol. The number of ether oxygens (including phenoxy) is 2. The number of para-hydroxylation sites is 1. The maximum atomic E-state index is 13.9. The maximum absolute atomic E-state index is 13.9. The molecular weight excluding hydrogens is 475 g/mol. The van der Waals surface area contributed by atoms with Crippen molar-refractivity contribution in [3.63, 3.8) is 0 Å². The van der Waals surface area contributed by atoms with Crippen LogP contribution in [-0.4, -0.2) is 36.5 Å². The molecule has 0 saturated heterocycles. The molecule has 36 heavy (non-hydrogen) atoms. The van der Waals surface area contributed by atoms with Crippen LogP contribution in [0.2, 0.25) is 0 Å². The standard InChI is InChI=1S/C27H18F3NO5/c1-35-19-14-12-18(13-15-19)23(32)31-26(24(33)27(28,29)30)21(16-11-17-7-3-2-4-8-17)20-9-5-6-10-22(20)36-25(26)34/h2-10,12-15,21H,1H3,(H,31,32)/t21-,26-/m1/s1. The summed E-state index contributed by atoms with van der Waals surface area (Å²) in [5.41, 5.74) is -2.81. The Bertz CT molecular complexity index is 1370. The zero-order valence-electron chi connectivity index (χ0n) is 18.8. The van der Waals surface area contributed by atoms with Crippen molar-refractivity contribution < 1.29 is 37.0 Å². The highest BCUT2D eigenvalue weighted by molar-refractivity contribution is 6.17. The Balaban J connectivity index is 1.90. The van der Waals surface area contributed by atoms with Gasteiger partial charge in [-0.15, -0.1) is 0 Å². The molecule has 0 fully saturated rings. The second-order valence-corrected chi connectivity index (χ2v) is 7.81. The van der Waals surface area contributed by atoms with Crippen LogP contribution in [0, 0.1) is 11.8 Å². The first kappa shape index (κ1) is 24.5. The van der Waals surface area contributed by atoms with E-state index in [2.05, 4.69) is 11.8 Å². The third kappa shape index (κ3) is 4.53. The molecule has 4 rings (SSSR count). The third-order valence-corrected chi connectivity index (χ3v) is 5.60. The summed E-state index contributed by atoms with van der Waals surface area (Å²) < 4.78 is 52.0. The predicted octanol–water partition coefficient (Wildman–Crippen LogP) is 4.05. The minimum Gasteiger partial charge on any atom is -0.497 e. The number of rotatable bonds is 4. The lowest BCUT2D eigenvalue weighted by Crippen LogP contribution is -2.69. The van der Waals surface area contributed by atoms with E-state index >= 15 is 0 Å². The van der Waals surface area contributed by atoms with E-state index in [-0.39, 0.29) is 16.9 Å². The number of alkyl halides is 3. The molecule has 1 heterocycles. The highest BCUT2D eigenvalue weighted by Gasteiger charge is 2.65. The van der Waals surface area contributed by atoms with E-state index in [1.165, 1.54) is 55.6 Å². The van der Waals surface area contributed by atoms with E-state index in [4.69, 9.17) is 9.47 Å². The van der Waals surface area contributed by atoms with Gasteiger partial charge in [0.2, 0.25) is 5.54 Å². The Morgan fingerprint density at radius 2 is 1.61 bits per heavy atom. The zero-order valence-corrected chi connectivity index (χ0v) is 18.8. The number of nitrogens with one attached hydrogen (secondary N) is 1. The molecule has 0 unspecified atom stereocenters. The van der Waals surface area contributed by atoms with Crippen molar-refractivity contribution in [2.75, 3.05) is 7.11 Å². The number of hydrogen-bond acceptors (Lipinski definition) is 5. The van der Waals surface area contributed by atoms with Gasteiger partial charge in [0.25, 0.3) is 11.7 Å². The minimum atomic E-state index is -5.49. The second kappa shape index (κ2) is 9.58. The van der Waals surface area contributed by atoms with Gasteiger partial charge in [0.1, 0.15) is 11.5 Å². The van der Waals surface area contributed by atoms with Gasteiger partial charge in [-0.3, -0.25) is 9.59 Å². The molecule has 3 aromatic carbocycles. The molecule has 6 nitrogen and oxygen atoms in total. The summed E-state index contributed by atoms with van der Waals surface area (Å²) in [5.74, 6) is -1.19. The lowest BCUT2D eigenvalue weighted by atomic mass is 9.73. The normalized spacial score (nSPS) is 18.7. The summed E-state index contributed by atoms with van der Waals surface area (Å²) in [4.78, 5) is 39.2. The summed E-state index contributed by atoms with van der Waals surface area (Å²) in [5, 5.41) is 2.04. The van der Waals surface area contributed by atoms with Crippen LogP contribution in [-0.2, 0) is 9.59 Å². The van der Waals surface area contributed by atoms with Crippen LogP contribution in [0.1, 0.15) is 27.4 Å². The van der Waals surface area contributed by atoms with Gasteiger partial charge in [-0.1, -0.05) is 48.2 Å². The lowest BCUT2D eigenvalue weighted by molar-refractivity contribution is -0.183. The first-order valence-corrected chi connectivity index (χ1v) is 10.6. The summed E-state index contributed by atoms with van der Waals surface area (Å²) >= 11 is 0. The van der Waals surface area contributed by atoms with Crippen LogP contribution < -0.4 is 14.8 Å². The molecule has 9 heteroatoms. The van der Waals surface area contributed by atoms with E-state index in [0.29, 0.717) is 11.3 Å². The number of halogens is 3. The molecule has 0 radical (unpaired) electrons. The fraction of sp³-hybridized carbons (Fsp3) is 0.148. The molecule has 0 aromatic heterocycles. The number of benzene rings is 3. The van der Waals surface area contributed by atoms with Crippen molar-refractivity contribution in [2.45, 2.75) is 17.6 Å². The number of fused-ring (bicyclic) bond motifs is 1. The smallest absolute Gasteiger partial charge is 0.453 e. The van der Waals surface area contributed by atoms with E-state index in [1.54, 1.807) is 30.3 Å². The van der Waals surface area contributed by atoms with Crippen molar-refractivity contribution in [1.82, 2.24) is 5.32 Å². The summed E-state index contributed by atoms with van der Waals surface area (Å²) in [7, 11) is 1.40. The highest BCUT2D eigenvalue weighted by atomic mass is 19.4. The van der Waals surface area contributed by atoms with Crippen molar-refractivity contribution in [3.05, 3.63) is 95.6 Å². The number of amides is 1. The third-order valence-electron chi connectivity index (χ3n) is 5.60. The van der Waals surface area contributed by atoms with Crippen molar-refractivity contribution in [3.8, 4) is 23.3 Å². The van der Waals surface area contributed by atoms with Crippen LogP contribution in [0.5, 0.6) is 11.5 Å². The minimum absolute atomic E-state index is 0.0492.